The van der Waals surface area contributed by atoms with Crippen LogP contribution in [0.4, 0.5) is 16.2 Å². The van der Waals surface area contributed by atoms with Crippen molar-refractivity contribution in [3.05, 3.63) is 62.7 Å². The number of fused-ring (bicyclic) bond motifs is 1. The third-order valence-corrected chi connectivity index (χ3v) is 4.55. The summed E-state index contributed by atoms with van der Waals surface area (Å²) in [5.41, 5.74) is 0.155. The van der Waals surface area contributed by atoms with E-state index < -0.39 is 27.3 Å². The summed E-state index contributed by atoms with van der Waals surface area (Å²) in [7, 11) is 0. The van der Waals surface area contributed by atoms with Gasteiger partial charge in [-0.1, -0.05) is 12.1 Å². The molecule has 11 heteroatoms. The van der Waals surface area contributed by atoms with Crippen LogP contribution in [0, 0.1) is 20.2 Å². The number of carbonyl (C=O) groups excluding carboxylic acids is 1. The van der Waals surface area contributed by atoms with Gasteiger partial charge in [-0.05, 0) is 36.9 Å². The summed E-state index contributed by atoms with van der Waals surface area (Å²) in [5.74, 6) is 0. The van der Waals surface area contributed by atoms with Crippen LogP contribution in [0.1, 0.15) is 6.92 Å². The number of hydrogen-bond donors (Lipinski definition) is 0. The molecule has 2 aromatic carbocycles. The topological polar surface area (TPSA) is 130 Å². The Labute approximate surface area is 156 Å². The summed E-state index contributed by atoms with van der Waals surface area (Å²) in [6.45, 7) is 1.80. The minimum absolute atomic E-state index is 0.117. The molecular formula is C16H12N4O6S. The zero-order valence-corrected chi connectivity index (χ0v) is 14.7. The van der Waals surface area contributed by atoms with Gasteiger partial charge in [0.1, 0.15) is 0 Å². The van der Waals surface area contributed by atoms with E-state index in [4.69, 9.17) is 4.74 Å². The first-order chi connectivity index (χ1) is 12.9. The van der Waals surface area contributed by atoms with E-state index in [1.807, 2.05) is 0 Å². The lowest BCUT2D eigenvalue weighted by Gasteiger charge is -2.07. The predicted octanol–water partition coefficient (Wildman–Crippen LogP) is 4.01. The Morgan fingerprint density at radius 1 is 1.19 bits per heavy atom. The largest absolute Gasteiger partial charge is 0.449 e. The zero-order chi connectivity index (χ0) is 19.6. The second-order valence-corrected chi connectivity index (χ2v) is 6.19. The molecule has 1 heterocycles. The quantitative estimate of drug-likeness (QED) is 0.473. The van der Waals surface area contributed by atoms with Gasteiger partial charge in [-0.2, -0.15) is 0 Å². The minimum atomic E-state index is -0.716. The molecule has 0 fully saturated rings. The van der Waals surface area contributed by atoms with Crippen molar-refractivity contribution in [3.63, 3.8) is 0 Å². The van der Waals surface area contributed by atoms with E-state index in [0.29, 0.717) is 11.0 Å². The van der Waals surface area contributed by atoms with E-state index in [9.17, 15) is 25.0 Å². The molecule has 0 saturated heterocycles. The van der Waals surface area contributed by atoms with Gasteiger partial charge in [-0.15, -0.1) is 0 Å². The van der Waals surface area contributed by atoms with Gasteiger partial charge < -0.3 is 4.74 Å². The second kappa shape index (κ2) is 7.41. The van der Waals surface area contributed by atoms with Crippen molar-refractivity contribution in [1.82, 2.24) is 9.55 Å². The Bertz CT molecular complexity index is 1060. The maximum absolute atomic E-state index is 12.4. The van der Waals surface area contributed by atoms with Crippen LogP contribution in [0.2, 0.25) is 0 Å². The summed E-state index contributed by atoms with van der Waals surface area (Å²) in [6, 6.07) is 10.1. The van der Waals surface area contributed by atoms with Crippen LogP contribution in [-0.4, -0.2) is 32.1 Å². The van der Waals surface area contributed by atoms with E-state index in [0.717, 1.165) is 23.9 Å². The monoisotopic (exact) mass is 388 g/mol. The van der Waals surface area contributed by atoms with Gasteiger partial charge in [0.05, 0.1) is 38.4 Å². The summed E-state index contributed by atoms with van der Waals surface area (Å²) in [6.07, 6.45) is -0.668. The smallest absolute Gasteiger partial charge is 0.420 e. The minimum Gasteiger partial charge on any atom is -0.449 e. The number of aromatic nitrogens is 2. The molecule has 0 amide bonds. The first-order valence-corrected chi connectivity index (χ1v) is 8.49. The average molecular weight is 388 g/mol. The lowest BCUT2D eigenvalue weighted by Crippen LogP contribution is -2.14. The summed E-state index contributed by atoms with van der Waals surface area (Å²) >= 11 is 0.856. The third-order valence-electron chi connectivity index (χ3n) is 3.53. The maximum atomic E-state index is 12.4. The number of nitro groups is 2. The van der Waals surface area contributed by atoms with Gasteiger partial charge in [0.2, 0.25) is 0 Å². The van der Waals surface area contributed by atoms with E-state index in [1.54, 1.807) is 31.2 Å². The Morgan fingerprint density at radius 2 is 1.93 bits per heavy atom. The van der Waals surface area contributed by atoms with Gasteiger partial charge in [0, 0.05) is 6.07 Å². The van der Waals surface area contributed by atoms with Crippen molar-refractivity contribution in [2.45, 2.75) is 17.0 Å². The van der Waals surface area contributed by atoms with E-state index in [1.165, 1.54) is 10.6 Å². The molecular weight excluding hydrogens is 376 g/mol. The van der Waals surface area contributed by atoms with Crippen LogP contribution < -0.4 is 0 Å². The highest BCUT2D eigenvalue weighted by Crippen LogP contribution is 2.37. The van der Waals surface area contributed by atoms with Crippen LogP contribution >= 0.6 is 11.8 Å². The Kier molecular flexibility index (Phi) is 5.03. The lowest BCUT2D eigenvalue weighted by molar-refractivity contribution is -0.396. The molecule has 0 aliphatic carbocycles. The SMILES string of the molecule is CCOC(=O)n1c(Sc2ccc([N+](=O)[O-])cc2[N+](=O)[O-])nc2ccccc21. The molecule has 3 aromatic rings. The maximum Gasteiger partial charge on any atom is 0.420 e. The highest BCUT2D eigenvalue weighted by atomic mass is 32.2. The first-order valence-electron chi connectivity index (χ1n) is 7.67. The van der Waals surface area contributed by atoms with E-state index in [2.05, 4.69) is 4.98 Å². The lowest BCUT2D eigenvalue weighted by atomic mass is 10.3. The van der Waals surface area contributed by atoms with Crippen LogP contribution in [0.5, 0.6) is 0 Å². The molecule has 138 valence electrons. The average Bonchev–Trinajstić information content (AvgIpc) is 2.99. The van der Waals surface area contributed by atoms with Crippen molar-refractivity contribution in [1.29, 1.82) is 0 Å². The van der Waals surface area contributed by atoms with E-state index in [-0.39, 0.29) is 16.7 Å². The van der Waals surface area contributed by atoms with Crippen LogP contribution in [0.3, 0.4) is 0 Å². The van der Waals surface area contributed by atoms with Gasteiger partial charge in [0.15, 0.2) is 5.16 Å². The number of hydrogen-bond acceptors (Lipinski definition) is 8. The number of non-ortho nitro benzene ring substituents is 1. The summed E-state index contributed by atoms with van der Waals surface area (Å²) in [4.78, 5) is 37.6. The molecule has 0 saturated carbocycles. The number of imidazole rings is 1. The zero-order valence-electron chi connectivity index (χ0n) is 13.9. The predicted molar refractivity (Wildman–Crippen MR) is 96.0 cm³/mol. The molecule has 3 rings (SSSR count). The molecule has 0 spiro atoms. The molecule has 10 nitrogen and oxygen atoms in total. The normalized spacial score (nSPS) is 10.7. The van der Waals surface area contributed by atoms with Crippen LogP contribution in [0.25, 0.3) is 11.0 Å². The fourth-order valence-electron chi connectivity index (χ4n) is 2.38. The Balaban J connectivity index is 2.12. The highest BCUT2D eigenvalue weighted by Gasteiger charge is 2.24. The standard InChI is InChI=1S/C16H12N4O6S/c1-2-26-16(21)18-12-6-4-3-5-11(12)17-15(18)27-14-8-7-10(19(22)23)9-13(14)20(24)25/h3-9H,2H2,1H3. The van der Waals surface area contributed by atoms with Crippen molar-refractivity contribution in [3.8, 4) is 0 Å². The number of para-hydroxylation sites is 2. The van der Waals surface area contributed by atoms with Crippen molar-refractivity contribution < 1.29 is 19.4 Å². The number of ether oxygens (including phenoxy) is 1. The number of nitrogens with zero attached hydrogens (tertiary/aromatic N) is 4. The molecule has 0 unspecified atom stereocenters. The third kappa shape index (κ3) is 3.58. The number of benzene rings is 2. The highest BCUT2D eigenvalue weighted by molar-refractivity contribution is 7.99. The van der Waals surface area contributed by atoms with Crippen molar-refractivity contribution >= 4 is 40.3 Å². The molecule has 1 aromatic heterocycles. The van der Waals surface area contributed by atoms with Gasteiger partial charge >= 0.3 is 6.09 Å². The van der Waals surface area contributed by atoms with Crippen LogP contribution in [-0.2, 0) is 4.74 Å². The first kappa shape index (κ1) is 18.3. The Hall–Kier alpha value is -3.47. The number of nitro benzene ring substituents is 2. The Morgan fingerprint density at radius 3 is 2.59 bits per heavy atom. The summed E-state index contributed by atoms with van der Waals surface area (Å²) < 4.78 is 6.27. The molecule has 0 radical (unpaired) electrons. The second-order valence-electron chi connectivity index (χ2n) is 5.19. The number of rotatable bonds is 5. The van der Waals surface area contributed by atoms with Crippen molar-refractivity contribution in [2.75, 3.05) is 6.61 Å². The van der Waals surface area contributed by atoms with Gasteiger partial charge in [-0.3, -0.25) is 20.2 Å². The molecule has 0 bridgehead atoms. The van der Waals surface area contributed by atoms with Crippen molar-refractivity contribution in [2.24, 2.45) is 0 Å². The molecule has 0 aliphatic rings. The molecule has 0 aliphatic heterocycles. The van der Waals surface area contributed by atoms with Gasteiger partial charge in [0.25, 0.3) is 11.4 Å². The molecule has 0 N–H and O–H groups in total. The fourth-order valence-corrected chi connectivity index (χ4v) is 3.36. The fraction of sp³-hybridized carbons (Fsp3) is 0.125. The van der Waals surface area contributed by atoms with Crippen LogP contribution in [0.15, 0.2) is 52.5 Å². The van der Waals surface area contributed by atoms with Gasteiger partial charge in [-0.25, -0.2) is 14.3 Å². The summed E-state index contributed by atoms with van der Waals surface area (Å²) in [5, 5.41) is 22.4. The molecule has 27 heavy (non-hydrogen) atoms. The molecule has 0 atom stereocenters. The van der Waals surface area contributed by atoms with E-state index >= 15 is 0 Å². The number of carbonyl (C=O) groups is 1.